The molecule has 0 atom stereocenters. The molecule has 0 aliphatic heterocycles. The van der Waals surface area contributed by atoms with Gasteiger partial charge in [0, 0.05) is 0 Å². The van der Waals surface area contributed by atoms with Crippen LogP contribution in [0.4, 0.5) is 0 Å². The molecule has 0 aromatic heterocycles. The molecular weight excluding hydrogens is 216 g/mol. The highest BCUT2D eigenvalue weighted by molar-refractivity contribution is 5.88. The molecule has 92 valence electrons. The zero-order valence-corrected chi connectivity index (χ0v) is 11.6. The second kappa shape index (κ2) is 5.22. The predicted octanol–water partition coefficient (Wildman–Crippen LogP) is 3.71. The molecule has 0 amide bonds. The van der Waals surface area contributed by atoms with E-state index in [1.165, 1.54) is 32.7 Å². The number of hydrogen-bond donors (Lipinski definition) is 0. The molecule has 2 aromatic carbocycles. The molecule has 0 saturated carbocycles. The zero-order valence-electron chi connectivity index (χ0n) is 11.6. The molecule has 0 N–H and O–H groups in total. The van der Waals surface area contributed by atoms with Crippen LogP contribution in [0.2, 0.25) is 0 Å². The Morgan fingerprint density at radius 1 is 0.778 bits per heavy atom. The molecule has 0 unspecified atom stereocenters. The summed E-state index contributed by atoms with van der Waals surface area (Å²) in [5.41, 5.74) is 5.54. The van der Waals surface area contributed by atoms with Crippen molar-refractivity contribution in [3.8, 4) is 11.1 Å². The fourth-order valence-corrected chi connectivity index (χ4v) is 2.63. The average molecular weight is 236 g/mol. The van der Waals surface area contributed by atoms with E-state index in [4.69, 9.17) is 0 Å². The van der Waals surface area contributed by atoms with Gasteiger partial charge in [-0.15, -0.1) is 0 Å². The van der Waals surface area contributed by atoms with Crippen molar-refractivity contribution in [1.82, 2.24) is 0 Å². The van der Waals surface area contributed by atoms with Crippen LogP contribution in [0.5, 0.6) is 0 Å². The lowest BCUT2D eigenvalue weighted by atomic mass is 10.0. The molecule has 0 spiro atoms. The third-order valence-corrected chi connectivity index (χ3v) is 3.40. The van der Waals surface area contributed by atoms with Gasteiger partial charge in [-0.2, -0.15) is 0 Å². The maximum absolute atomic E-state index is 2.22. The number of benzene rings is 2. The highest BCUT2D eigenvalue weighted by atomic mass is 14.2. The topological polar surface area (TPSA) is 0 Å². The van der Waals surface area contributed by atoms with Gasteiger partial charge in [-0.25, -0.2) is 0 Å². The van der Waals surface area contributed by atoms with E-state index in [9.17, 15) is 0 Å². The SMILES string of the molecule is C/C=c1/cccc2c1=C(C)c1ccccc1-2.CC. The van der Waals surface area contributed by atoms with Gasteiger partial charge in [-0.1, -0.05) is 62.4 Å². The normalized spacial score (nSPS) is 12.7. The van der Waals surface area contributed by atoms with E-state index in [0.717, 1.165) is 0 Å². The van der Waals surface area contributed by atoms with Crippen LogP contribution in [0, 0.1) is 0 Å². The third kappa shape index (κ3) is 1.78. The van der Waals surface area contributed by atoms with Crippen molar-refractivity contribution < 1.29 is 0 Å². The van der Waals surface area contributed by atoms with Gasteiger partial charge in [0.25, 0.3) is 0 Å². The molecular formula is C18H20. The minimum atomic E-state index is 1.34. The van der Waals surface area contributed by atoms with Crippen molar-refractivity contribution in [2.24, 2.45) is 0 Å². The summed E-state index contributed by atoms with van der Waals surface area (Å²) in [7, 11) is 0. The van der Waals surface area contributed by atoms with Crippen LogP contribution < -0.4 is 10.4 Å². The van der Waals surface area contributed by atoms with E-state index in [2.05, 4.69) is 62.4 Å². The highest BCUT2D eigenvalue weighted by Gasteiger charge is 2.15. The molecule has 0 nitrogen and oxygen atoms in total. The van der Waals surface area contributed by atoms with Gasteiger partial charge < -0.3 is 0 Å². The molecule has 18 heavy (non-hydrogen) atoms. The Balaban J connectivity index is 0.000000574. The van der Waals surface area contributed by atoms with Crippen LogP contribution in [-0.2, 0) is 0 Å². The average Bonchev–Trinajstić information content (AvgIpc) is 2.75. The van der Waals surface area contributed by atoms with Crippen molar-refractivity contribution in [2.45, 2.75) is 27.7 Å². The van der Waals surface area contributed by atoms with Gasteiger partial charge in [0.1, 0.15) is 0 Å². The summed E-state index contributed by atoms with van der Waals surface area (Å²) in [6.07, 6.45) is 2.19. The van der Waals surface area contributed by atoms with Crippen LogP contribution in [0.3, 0.4) is 0 Å². The first-order valence-electron chi connectivity index (χ1n) is 6.69. The lowest BCUT2D eigenvalue weighted by Gasteiger charge is -2.00. The first-order chi connectivity index (χ1) is 8.83. The third-order valence-electron chi connectivity index (χ3n) is 3.40. The van der Waals surface area contributed by atoms with E-state index >= 15 is 0 Å². The summed E-state index contributed by atoms with van der Waals surface area (Å²) >= 11 is 0. The number of fused-ring (bicyclic) bond motifs is 3. The van der Waals surface area contributed by atoms with Crippen LogP contribution in [0.25, 0.3) is 22.8 Å². The summed E-state index contributed by atoms with van der Waals surface area (Å²) in [6.45, 7) is 8.32. The maximum atomic E-state index is 2.22. The Kier molecular flexibility index (Phi) is 3.66. The summed E-state index contributed by atoms with van der Waals surface area (Å²) < 4.78 is 0. The van der Waals surface area contributed by atoms with Crippen LogP contribution >= 0.6 is 0 Å². The molecule has 3 rings (SSSR count). The zero-order chi connectivity index (χ0) is 13.1. The van der Waals surface area contributed by atoms with Crippen LogP contribution in [0.1, 0.15) is 33.3 Å². The maximum Gasteiger partial charge on any atom is -0.00730 e. The molecule has 0 bridgehead atoms. The largest absolute Gasteiger partial charge is 0.0798 e. The Hall–Kier alpha value is -1.82. The molecule has 0 saturated heterocycles. The molecule has 1 aliphatic carbocycles. The lowest BCUT2D eigenvalue weighted by molar-refractivity contribution is 1.50. The molecule has 0 heteroatoms. The Morgan fingerprint density at radius 3 is 2.06 bits per heavy atom. The van der Waals surface area contributed by atoms with Crippen molar-refractivity contribution in [2.75, 3.05) is 0 Å². The van der Waals surface area contributed by atoms with Gasteiger partial charge in [0.05, 0.1) is 0 Å². The Labute approximate surface area is 109 Å². The van der Waals surface area contributed by atoms with E-state index in [1.54, 1.807) is 0 Å². The minimum Gasteiger partial charge on any atom is -0.0798 e. The minimum absolute atomic E-state index is 1.34. The monoisotopic (exact) mass is 236 g/mol. The van der Waals surface area contributed by atoms with Crippen molar-refractivity contribution in [1.29, 1.82) is 0 Å². The Bertz CT molecular complexity index is 675. The summed E-state index contributed by atoms with van der Waals surface area (Å²) in [5.74, 6) is 0. The van der Waals surface area contributed by atoms with E-state index in [-0.39, 0.29) is 0 Å². The molecule has 0 radical (unpaired) electrons. The van der Waals surface area contributed by atoms with Crippen molar-refractivity contribution >= 4 is 11.6 Å². The van der Waals surface area contributed by atoms with Gasteiger partial charge in [0.15, 0.2) is 0 Å². The summed E-state index contributed by atoms with van der Waals surface area (Å²) in [4.78, 5) is 0. The number of hydrogen-bond acceptors (Lipinski definition) is 0. The fraction of sp³-hybridized carbons (Fsp3) is 0.222. The van der Waals surface area contributed by atoms with Gasteiger partial charge in [0.2, 0.25) is 0 Å². The highest BCUT2D eigenvalue weighted by Crippen LogP contribution is 2.29. The van der Waals surface area contributed by atoms with Crippen LogP contribution in [-0.4, -0.2) is 0 Å². The summed E-state index contributed by atoms with van der Waals surface area (Å²) in [6, 6.07) is 15.2. The predicted molar refractivity (Wildman–Crippen MR) is 80.8 cm³/mol. The first-order valence-corrected chi connectivity index (χ1v) is 6.69. The second-order valence-electron chi connectivity index (χ2n) is 4.23. The van der Waals surface area contributed by atoms with E-state index in [1.807, 2.05) is 13.8 Å². The molecule has 2 aromatic rings. The molecule has 0 fully saturated rings. The first kappa shape index (κ1) is 12.6. The molecule has 0 heterocycles. The van der Waals surface area contributed by atoms with Gasteiger partial charge in [-0.05, 0) is 46.5 Å². The van der Waals surface area contributed by atoms with Gasteiger partial charge in [-0.3, -0.25) is 0 Å². The quantitative estimate of drug-likeness (QED) is 0.654. The summed E-state index contributed by atoms with van der Waals surface area (Å²) in [5, 5.41) is 2.75. The van der Waals surface area contributed by atoms with Gasteiger partial charge >= 0.3 is 0 Å². The Morgan fingerprint density at radius 2 is 1.39 bits per heavy atom. The number of rotatable bonds is 0. The fourth-order valence-electron chi connectivity index (χ4n) is 2.63. The van der Waals surface area contributed by atoms with Crippen molar-refractivity contribution in [3.63, 3.8) is 0 Å². The smallest absolute Gasteiger partial charge is 0.00730 e. The van der Waals surface area contributed by atoms with E-state index in [0.29, 0.717) is 0 Å². The van der Waals surface area contributed by atoms with Crippen LogP contribution in [0.15, 0.2) is 42.5 Å². The van der Waals surface area contributed by atoms with E-state index < -0.39 is 0 Å². The standard InChI is InChI=1S/C16H14.C2H6/c1-3-12-7-6-10-15-14-9-5-4-8-13(14)11(2)16(12)15;1-2/h3-10H,1-2H3;1-2H3/b12-3-;. The second-order valence-corrected chi connectivity index (χ2v) is 4.23. The van der Waals surface area contributed by atoms with Crippen molar-refractivity contribution in [3.05, 3.63) is 58.5 Å². The molecule has 1 aliphatic rings. The lowest BCUT2D eigenvalue weighted by Crippen LogP contribution is -2.25.